The minimum atomic E-state index is -4.41. The largest absolute Gasteiger partial charge is 0.454 e. The fraction of sp³-hybridized carbons (Fsp3) is 0.318. The van der Waals surface area contributed by atoms with E-state index in [0.717, 1.165) is 23.5 Å². The highest BCUT2D eigenvalue weighted by Gasteiger charge is 2.31. The molecule has 0 aliphatic carbocycles. The quantitative estimate of drug-likeness (QED) is 0.583. The first-order valence-corrected chi connectivity index (χ1v) is 11.2. The zero-order chi connectivity index (χ0) is 23.0. The summed E-state index contributed by atoms with van der Waals surface area (Å²) in [7, 11) is 0. The van der Waals surface area contributed by atoms with Crippen LogP contribution in [0.3, 0.4) is 0 Å². The topological polar surface area (TPSA) is 76.6 Å². The molecule has 33 heavy (non-hydrogen) atoms. The Hall–Kier alpha value is -3.34. The van der Waals surface area contributed by atoms with Crippen molar-refractivity contribution in [1.82, 2.24) is 9.97 Å². The fourth-order valence-corrected chi connectivity index (χ4v) is 4.56. The van der Waals surface area contributed by atoms with Gasteiger partial charge in [-0.3, -0.25) is 4.79 Å². The SMILES string of the molecule is O=C(Nc1nc(-c2ccc3c(c2)OCO3)cs1)C1CCN(c2ccc(C(F)(F)F)cn2)CC1. The van der Waals surface area contributed by atoms with Crippen LogP contribution in [0.1, 0.15) is 18.4 Å². The highest BCUT2D eigenvalue weighted by atomic mass is 32.1. The Morgan fingerprint density at radius 2 is 1.91 bits per heavy atom. The number of amides is 1. The van der Waals surface area contributed by atoms with Crippen LogP contribution in [-0.2, 0) is 11.0 Å². The summed E-state index contributed by atoms with van der Waals surface area (Å²) in [5, 5.41) is 5.27. The van der Waals surface area contributed by atoms with Crippen molar-refractivity contribution in [3.8, 4) is 22.8 Å². The first kappa shape index (κ1) is 21.5. The van der Waals surface area contributed by atoms with Crippen molar-refractivity contribution in [3.63, 3.8) is 0 Å². The lowest BCUT2D eigenvalue weighted by atomic mass is 9.96. The molecular weight excluding hydrogens is 457 g/mol. The van der Waals surface area contributed by atoms with Gasteiger partial charge in [-0.05, 0) is 43.2 Å². The molecular formula is C22H19F3N4O3S. The molecule has 0 radical (unpaired) electrons. The Morgan fingerprint density at radius 3 is 2.64 bits per heavy atom. The lowest BCUT2D eigenvalue weighted by Gasteiger charge is -2.32. The van der Waals surface area contributed by atoms with Crippen molar-refractivity contribution in [3.05, 3.63) is 47.5 Å². The highest BCUT2D eigenvalue weighted by molar-refractivity contribution is 7.14. The van der Waals surface area contributed by atoms with Gasteiger partial charge in [0.1, 0.15) is 5.82 Å². The van der Waals surface area contributed by atoms with Crippen LogP contribution in [0.25, 0.3) is 11.3 Å². The molecule has 2 aliphatic heterocycles. The van der Waals surface area contributed by atoms with Crippen molar-refractivity contribution in [2.45, 2.75) is 19.0 Å². The summed E-state index contributed by atoms with van der Waals surface area (Å²) in [6.45, 7) is 1.28. The first-order chi connectivity index (χ1) is 15.9. The number of benzene rings is 1. The molecule has 2 aliphatic rings. The van der Waals surface area contributed by atoms with E-state index >= 15 is 0 Å². The Labute approximate surface area is 191 Å². The summed E-state index contributed by atoms with van der Waals surface area (Å²) in [6.07, 6.45) is -2.41. The third-order valence-electron chi connectivity index (χ3n) is 5.67. The van der Waals surface area contributed by atoms with Crippen molar-refractivity contribution in [1.29, 1.82) is 0 Å². The zero-order valence-electron chi connectivity index (χ0n) is 17.3. The molecule has 1 N–H and O–H groups in total. The van der Waals surface area contributed by atoms with Gasteiger partial charge in [0.05, 0.1) is 11.3 Å². The molecule has 172 valence electrons. The lowest BCUT2D eigenvalue weighted by molar-refractivity contribution is -0.137. The number of hydrogen-bond acceptors (Lipinski definition) is 7. The number of anilines is 2. The number of carbonyl (C=O) groups excluding carboxylic acids is 1. The van der Waals surface area contributed by atoms with Gasteiger partial charge in [0.25, 0.3) is 0 Å². The maximum atomic E-state index is 12.7. The number of nitrogens with zero attached hydrogens (tertiary/aromatic N) is 3. The molecule has 3 aromatic rings. The molecule has 4 heterocycles. The summed E-state index contributed by atoms with van der Waals surface area (Å²) in [5.74, 6) is 1.53. The van der Waals surface area contributed by atoms with Gasteiger partial charge in [0.15, 0.2) is 16.6 Å². The highest BCUT2D eigenvalue weighted by Crippen LogP contribution is 2.37. The van der Waals surface area contributed by atoms with Crippen LogP contribution in [0.4, 0.5) is 24.1 Å². The Balaban J connectivity index is 1.17. The number of halogens is 3. The first-order valence-electron chi connectivity index (χ1n) is 10.3. The Kier molecular flexibility index (Phi) is 5.57. The van der Waals surface area contributed by atoms with E-state index in [1.807, 2.05) is 28.5 Å². The van der Waals surface area contributed by atoms with E-state index in [2.05, 4.69) is 15.3 Å². The number of nitrogens with one attached hydrogen (secondary N) is 1. The number of hydrogen-bond donors (Lipinski definition) is 1. The van der Waals surface area contributed by atoms with Crippen molar-refractivity contribution in [2.75, 3.05) is 30.1 Å². The number of ether oxygens (including phenoxy) is 2. The van der Waals surface area contributed by atoms with Crippen LogP contribution in [0, 0.1) is 5.92 Å². The minimum Gasteiger partial charge on any atom is -0.454 e. The zero-order valence-corrected chi connectivity index (χ0v) is 18.1. The predicted molar refractivity (Wildman–Crippen MR) is 116 cm³/mol. The van der Waals surface area contributed by atoms with E-state index in [4.69, 9.17) is 9.47 Å². The molecule has 0 spiro atoms. The van der Waals surface area contributed by atoms with Crippen molar-refractivity contribution in [2.24, 2.45) is 5.92 Å². The second kappa shape index (κ2) is 8.54. The summed E-state index contributed by atoms with van der Waals surface area (Å²) in [6, 6.07) is 7.97. The van der Waals surface area contributed by atoms with Crippen LogP contribution in [0.2, 0.25) is 0 Å². The maximum absolute atomic E-state index is 12.7. The van der Waals surface area contributed by atoms with E-state index in [1.54, 1.807) is 0 Å². The average molecular weight is 476 g/mol. The molecule has 5 rings (SSSR count). The lowest BCUT2D eigenvalue weighted by Crippen LogP contribution is -2.38. The molecule has 0 unspecified atom stereocenters. The smallest absolute Gasteiger partial charge is 0.417 e. The van der Waals surface area contributed by atoms with Crippen LogP contribution < -0.4 is 19.7 Å². The molecule has 7 nitrogen and oxygen atoms in total. The number of rotatable bonds is 4. The predicted octanol–water partition coefficient (Wildman–Crippen LogP) is 4.81. The van der Waals surface area contributed by atoms with Crippen LogP contribution in [0.5, 0.6) is 11.5 Å². The number of alkyl halides is 3. The third-order valence-corrected chi connectivity index (χ3v) is 6.43. The number of carbonyl (C=O) groups is 1. The normalized spacial score (nSPS) is 16.2. The molecule has 0 bridgehead atoms. The van der Waals surface area contributed by atoms with Crippen LogP contribution in [-0.4, -0.2) is 35.8 Å². The summed E-state index contributed by atoms with van der Waals surface area (Å²) < 4.78 is 48.9. The van der Waals surface area contributed by atoms with Crippen LogP contribution in [0.15, 0.2) is 41.9 Å². The second-order valence-corrected chi connectivity index (χ2v) is 8.62. The van der Waals surface area contributed by atoms with Gasteiger partial charge in [-0.2, -0.15) is 13.2 Å². The van der Waals surface area contributed by atoms with E-state index in [1.165, 1.54) is 17.4 Å². The van der Waals surface area contributed by atoms with E-state index < -0.39 is 11.7 Å². The summed E-state index contributed by atoms with van der Waals surface area (Å²) in [5.41, 5.74) is 0.828. The van der Waals surface area contributed by atoms with Crippen molar-refractivity contribution >= 4 is 28.2 Å². The van der Waals surface area contributed by atoms with Gasteiger partial charge < -0.3 is 19.7 Å². The molecule has 1 fully saturated rings. The van der Waals surface area contributed by atoms with Gasteiger partial charge >= 0.3 is 6.18 Å². The third kappa shape index (κ3) is 4.58. The molecule has 0 saturated carbocycles. The molecule has 2 aromatic heterocycles. The maximum Gasteiger partial charge on any atom is 0.417 e. The molecule has 0 atom stereocenters. The Bertz CT molecular complexity index is 1160. The second-order valence-electron chi connectivity index (χ2n) is 7.76. The van der Waals surface area contributed by atoms with E-state index in [0.29, 0.717) is 48.4 Å². The number of pyridine rings is 1. The van der Waals surface area contributed by atoms with E-state index in [-0.39, 0.29) is 18.6 Å². The molecule has 1 amide bonds. The van der Waals surface area contributed by atoms with Gasteiger partial charge in [-0.15, -0.1) is 11.3 Å². The van der Waals surface area contributed by atoms with Gasteiger partial charge in [-0.25, -0.2) is 9.97 Å². The van der Waals surface area contributed by atoms with Gasteiger partial charge in [-0.1, -0.05) is 0 Å². The number of aromatic nitrogens is 2. The summed E-state index contributed by atoms with van der Waals surface area (Å²) >= 11 is 1.34. The summed E-state index contributed by atoms with van der Waals surface area (Å²) in [4.78, 5) is 23.1. The number of piperidine rings is 1. The van der Waals surface area contributed by atoms with Crippen LogP contribution >= 0.6 is 11.3 Å². The fourth-order valence-electron chi connectivity index (χ4n) is 3.84. The minimum absolute atomic E-state index is 0.110. The Morgan fingerprint density at radius 1 is 1.12 bits per heavy atom. The van der Waals surface area contributed by atoms with Crippen molar-refractivity contribution < 1.29 is 27.4 Å². The standard InChI is InChI=1S/C22H19F3N4O3S/c23-22(24,25)15-2-4-19(26-10-15)29-7-5-13(6-8-29)20(30)28-21-27-16(11-33-21)14-1-3-17-18(9-14)32-12-31-17/h1-4,9-11,13H,5-8,12H2,(H,27,28,30). The monoisotopic (exact) mass is 476 g/mol. The number of thiazole rings is 1. The van der Waals surface area contributed by atoms with Gasteiger partial charge in [0, 0.05) is 36.1 Å². The molecule has 11 heteroatoms. The average Bonchev–Trinajstić information content (AvgIpc) is 3.47. The molecule has 1 aromatic carbocycles. The van der Waals surface area contributed by atoms with Gasteiger partial charge in [0.2, 0.25) is 12.7 Å². The molecule has 1 saturated heterocycles. The number of fused-ring (bicyclic) bond motifs is 1. The van der Waals surface area contributed by atoms with E-state index in [9.17, 15) is 18.0 Å².